The van der Waals surface area contributed by atoms with Crippen molar-refractivity contribution in [3.63, 3.8) is 0 Å². The lowest BCUT2D eigenvalue weighted by atomic mass is 9.87. The molecule has 174 valence electrons. The maximum atomic E-state index is 13.0. The third-order valence-corrected chi connectivity index (χ3v) is 7.15. The monoisotopic (exact) mass is 462 g/mol. The van der Waals surface area contributed by atoms with Crippen LogP contribution in [-0.4, -0.2) is 52.0 Å². The van der Waals surface area contributed by atoms with Crippen molar-refractivity contribution < 1.29 is 22.4 Å². The average molecular weight is 463 g/mol. The number of carbonyl (C=O) groups is 2. The third kappa shape index (κ3) is 5.56. The van der Waals surface area contributed by atoms with Gasteiger partial charge in [0.05, 0.1) is 4.90 Å². The quantitative estimate of drug-likeness (QED) is 0.436. The summed E-state index contributed by atoms with van der Waals surface area (Å²) in [6, 6.07) is 8.17. The van der Waals surface area contributed by atoms with Crippen molar-refractivity contribution in [2.45, 2.75) is 44.0 Å². The maximum Gasteiger partial charge on any atom is 0.287 e. The lowest BCUT2D eigenvalue weighted by molar-refractivity contribution is -0.128. The fraction of sp³-hybridized carbons (Fsp3) is 0.455. The minimum absolute atomic E-state index is 0.0286. The number of furan rings is 1. The lowest BCUT2D eigenvalue weighted by Gasteiger charge is -2.36. The molecule has 2 heterocycles. The largest absolute Gasteiger partial charge is 0.456 e. The fourth-order valence-electron chi connectivity index (χ4n) is 3.56. The zero-order valence-corrected chi connectivity index (χ0v) is 19.4. The van der Waals surface area contributed by atoms with Crippen LogP contribution in [0, 0.1) is 20.8 Å². The van der Waals surface area contributed by atoms with Gasteiger partial charge in [-0.15, -0.1) is 0 Å². The molecule has 1 aromatic carbocycles. The number of hydrogen-bond donors (Lipinski definition) is 4. The van der Waals surface area contributed by atoms with E-state index in [1.54, 1.807) is 25.1 Å². The van der Waals surface area contributed by atoms with Crippen LogP contribution in [0.4, 0.5) is 0 Å². The Kier molecular flexibility index (Phi) is 7.37. The molecule has 0 radical (unpaired) electrons. The van der Waals surface area contributed by atoms with Crippen molar-refractivity contribution in [1.82, 2.24) is 20.7 Å². The summed E-state index contributed by atoms with van der Waals surface area (Å²) < 4.78 is 32.7. The van der Waals surface area contributed by atoms with Crippen molar-refractivity contribution in [2.75, 3.05) is 26.2 Å². The van der Waals surface area contributed by atoms with E-state index in [-0.39, 0.29) is 29.7 Å². The van der Waals surface area contributed by atoms with Gasteiger partial charge in [-0.25, -0.2) is 13.1 Å². The Morgan fingerprint density at radius 1 is 1.06 bits per heavy atom. The molecule has 0 spiro atoms. The second-order valence-electron chi connectivity index (χ2n) is 8.10. The highest BCUT2D eigenvalue weighted by Crippen LogP contribution is 2.21. The smallest absolute Gasteiger partial charge is 0.287 e. The van der Waals surface area contributed by atoms with Crippen molar-refractivity contribution in [3.05, 3.63) is 53.0 Å². The molecule has 1 fully saturated rings. The summed E-state index contributed by atoms with van der Waals surface area (Å²) in [7, 11) is -3.67. The van der Waals surface area contributed by atoms with Gasteiger partial charge in [0, 0.05) is 13.1 Å². The van der Waals surface area contributed by atoms with Crippen LogP contribution in [0.5, 0.6) is 0 Å². The molecule has 0 atom stereocenters. The number of amides is 2. The summed E-state index contributed by atoms with van der Waals surface area (Å²) in [6.45, 7) is 6.77. The maximum absolute atomic E-state index is 13.0. The third-order valence-electron chi connectivity index (χ3n) is 5.67. The summed E-state index contributed by atoms with van der Waals surface area (Å²) in [6.07, 6.45) is 0.830. The molecule has 2 aromatic rings. The number of hydrogen-bond acceptors (Lipinski definition) is 6. The molecular formula is C22H30N4O5S. The van der Waals surface area contributed by atoms with Crippen molar-refractivity contribution in [1.29, 1.82) is 0 Å². The van der Waals surface area contributed by atoms with E-state index in [0.29, 0.717) is 31.7 Å². The molecule has 2 amide bonds. The Labute approximate surface area is 188 Å². The highest BCUT2D eigenvalue weighted by molar-refractivity contribution is 7.89. The first-order valence-electron chi connectivity index (χ1n) is 10.6. The van der Waals surface area contributed by atoms with E-state index >= 15 is 0 Å². The molecule has 32 heavy (non-hydrogen) atoms. The summed E-state index contributed by atoms with van der Waals surface area (Å²) in [5, 5.41) is 8.80. The molecule has 0 bridgehead atoms. The number of carbonyl (C=O) groups excluding carboxylic acids is 2. The molecule has 3 rings (SSSR count). The molecule has 10 heteroatoms. The van der Waals surface area contributed by atoms with Gasteiger partial charge < -0.3 is 20.4 Å². The second kappa shape index (κ2) is 9.85. The highest BCUT2D eigenvalue weighted by Gasteiger charge is 2.41. The van der Waals surface area contributed by atoms with Gasteiger partial charge in [-0.05, 0) is 70.5 Å². The van der Waals surface area contributed by atoms with Crippen LogP contribution >= 0.6 is 0 Å². The van der Waals surface area contributed by atoms with Gasteiger partial charge in [0.25, 0.3) is 5.91 Å². The first-order valence-corrected chi connectivity index (χ1v) is 12.1. The Morgan fingerprint density at radius 3 is 2.31 bits per heavy atom. The fourth-order valence-corrected chi connectivity index (χ4v) is 4.59. The zero-order valence-electron chi connectivity index (χ0n) is 18.6. The van der Waals surface area contributed by atoms with Crippen LogP contribution in [0.25, 0.3) is 0 Å². The number of benzene rings is 1. The molecule has 0 unspecified atom stereocenters. The number of sulfonamides is 1. The normalized spacial score (nSPS) is 15.8. The van der Waals surface area contributed by atoms with Gasteiger partial charge >= 0.3 is 0 Å². The molecule has 1 aliphatic heterocycles. The van der Waals surface area contributed by atoms with Gasteiger partial charge in [0.1, 0.15) is 11.3 Å². The van der Waals surface area contributed by atoms with E-state index in [2.05, 4.69) is 20.7 Å². The average Bonchev–Trinajstić information content (AvgIpc) is 3.10. The summed E-state index contributed by atoms with van der Waals surface area (Å²) >= 11 is 0. The second-order valence-corrected chi connectivity index (χ2v) is 9.87. The van der Waals surface area contributed by atoms with Crippen LogP contribution in [-0.2, 0) is 14.8 Å². The van der Waals surface area contributed by atoms with Crippen LogP contribution in [0.2, 0.25) is 0 Å². The number of rotatable bonds is 8. The van der Waals surface area contributed by atoms with Crippen LogP contribution in [0.1, 0.15) is 40.3 Å². The number of aryl methyl sites for hydroxylation is 3. The summed E-state index contributed by atoms with van der Waals surface area (Å²) in [5.41, 5.74) is 0.734. The predicted octanol–water partition coefficient (Wildman–Crippen LogP) is 1.15. The Morgan fingerprint density at radius 2 is 1.72 bits per heavy atom. The van der Waals surface area contributed by atoms with Crippen LogP contribution in [0.15, 0.2) is 39.6 Å². The lowest BCUT2D eigenvalue weighted by Crippen LogP contribution is -2.63. The molecule has 0 saturated carbocycles. The van der Waals surface area contributed by atoms with Gasteiger partial charge in [-0.3, -0.25) is 9.59 Å². The first-order chi connectivity index (χ1) is 15.1. The van der Waals surface area contributed by atoms with E-state index in [9.17, 15) is 18.0 Å². The van der Waals surface area contributed by atoms with Gasteiger partial charge in [-0.1, -0.05) is 17.7 Å². The zero-order chi connectivity index (χ0) is 23.4. The molecular weight excluding hydrogens is 432 g/mol. The molecule has 1 aliphatic rings. The van der Waals surface area contributed by atoms with E-state index in [0.717, 1.165) is 11.1 Å². The molecule has 9 nitrogen and oxygen atoms in total. The van der Waals surface area contributed by atoms with Gasteiger partial charge in [0.2, 0.25) is 15.9 Å². The minimum Gasteiger partial charge on any atom is -0.456 e. The van der Waals surface area contributed by atoms with Crippen LogP contribution < -0.4 is 20.7 Å². The van der Waals surface area contributed by atoms with E-state index < -0.39 is 21.5 Å². The summed E-state index contributed by atoms with van der Waals surface area (Å²) in [4.78, 5) is 25.9. The van der Waals surface area contributed by atoms with E-state index in [1.165, 1.54) is 12.1 Å². The van der Waals surface area contributed by atoms with Crippen LogP contribution in [0.3, 0.4) is 0 Å². The summed E-state index contributed by atoms with van der Waals surface area (Å²) in [5.74, 6) is 0.0246. The van der Waals surface area contributed by atoms with E-state index in [4.69, 9.17) is 4.42 Å². The Bertz CT molecular complexity index is 1050. The first kappa shape index (κ1) is 24.0. The van der Waals surface area contributed by atoms with Crippen molar-refractivity contribution >= 4 is 21.8 Å². The molecule has 1 saturated heterocycles. The molecule has 4 N–H and O–H groups in total. The van der Waals surface area contributed by atoms with E-state index in [1.807, 2.05) is 13.8 Å². The van der Waals surface area contributed by atoms with Crippen molar-refractivity contribution in [2.24, 2.45) is 0 Å². The topological polar surface area (TPSA) is 130 Å². The molecule has 0 aliphatic carbocycles. The number of piperidine rings is 1. The minimum atomic E-state index is -3.67. The van der Waals surface area contributed by atoms with Gasteiger partial charge in [-0.2, -0.15) is 0 Å². The van der Waals surface area contributed by atoms with Gasteiger partial charge in [0.15, 0.2) is 5.76 Å². The Hall–Kier alpha value is -2.69. The standard InChI is InChI=1S/C22H30N4O5S/c1-15-4-6-18(7-5-15)32(29,30)25-13-12-24-21(28)22(8-10-23-11-9-22)26-20(27)19-14-16(2)17(3)31-19/h4-7,14,23,25H,8-13H2,1-3H3,(H,24,28)(H,26,27). The SMILES string of the molecule is Cc1ccc(S(=O)(=O)NCCNC(=O)C2(NC(=O)c3cc(C)c(C)o3)CCNCC2)cc1. The number of nitrogens with one attached hydrogen (secondary N) is 4. The van der Waals surface area contributed by atoms with Crippen molar-refractivity contribution in [3.8, 4) is 0 Å². The Balaban J connectivity index is 1.60. The predicted molar refractivity (Wildman–Crippen MR) is 120 cm³/mol. The highest BCUT2D eigenvalue weighted by atomic mass is 32.2. The molecule has 1 aromatic heterocycles.